The second-order valence-electron chi connectivity index (χ2n) is 9.02. The lowest BCUT2D eigenvalue weighted by Gasteiger charge is -2.17. The summed E-state index contributed by atoms with van der Waals surface area (Å²) in [6, 6.07) is 15.2. The third-order valence-electron chi connectivity index (χ3n) is 6.22. The van der Waals surface area contributed by atoms with Gasteiger partial charge in [-0.15, -0.1) is 8.78 Å². The number of carbonyl (C=O) groups excluding carboxylic acids is 1. The van der Waals surface area contributed by atoms with E-state index in [0.717, 1.165) is 22.9 Å². The maximum Gasteiger partial charge on any atom is 0.586 e. The number of pyridine rings is 1. The minimum absolute atomic E-state index is 0. The second kappa shape index (κ2) is 8.52. The van der Waals surface area contributed by atoms with Crippen LogP contribution in [0.2, 0.25) is 0 Å². The number of anilines is 1. The number of hydrogen-bond donors (Lipinski definition) is 2. The van der Waals surface area contributed by atoms with E-state index < -0.39 is 21.7 Å². The summed E-state index contributed by atoms with van der Waals surface area (Å²) >= 11 is 0. The number of aryl methyl sites for hydroxylation is 1. The van der Waals surface area contributed by atoms with Crippen LogP contribution in [0.25, 0.3) is 11.3 Å². The summed E-state index contributed by atoms with van der Waals surface area (Å²) in [6.45, 7) is 2.03. The highest BCUT2D eigenvalue weighted by Gasteiger charge is 2.53. The molecule has 1 fully saturated rings. The third kappa shape index (κ3) is 4.89. The van der Waals surface area contributed by atoms with Crippen molar-refractivity contribution in [3.05, 3.63) is 71.3 Å². The molecule has 1 aliphatic heterocycles. The van der Waals surface area contributed by atoms with Crippen LogP contribution in [0.3, 0.4) is 0 Å². The minimum atomic E-state index is -3.72. The SMILES string of the molecule is Cc1ccc(NC(=O)C2(c3ccc4c(c3)OC(F)(F)O4)CC2)nc1-c1cccc(CNS(C)(=O)=O)c1.[HH]. The van der Waals surface area contributed by atoms with E-state index in [2.05, 4.69) is 24.5 Å². The van der Waals surface area contributed by atoms with Crippen molar-refractivity contribution in [3.63, 3.8) is 0 Å². The van der Waals surface area contributed by atoms with E-state index in [1.165, 1.54) is 12.1 Å². The van der Waals surface area contributed by atoms with Crippen molar-refractivity contribution in [1.29, 1.82) is 0 Å². The Morgan fingerprint density at radius 1 is 1.08 bits per heavy atom. The molecule has 8 nitrogen and oxygen atoms in total. The standard InChI is InChI=1S/C25H23F2N3O5S.H2/c1-15-6-9-21(29-22(15)17-5-3-4-16(12-17)14-28-36(2,32)33)30-23(31)24(10-11-24)18-7-8-19-20(13-18)35-25(26,27)34-19;/h3-9,12-13,28H,10-11,14H2,1-2H3,(H,29,30,31);1H. The van der Waals surface area contributed by atoms with Gasteiger partial charge in [-0.2, -0.15) is 0 Å². The van der Waals surface area contributed by atoms with Crippen molar-refractivity contribution in [2.75, 3.05) is 11.6 Å². The van der Waals surface area contributed by atoms with Gasteiger partial charge in [0.2, 0.25) is 15.9 Å². The van der Waals surface area contributed by atoms with Gasteiger partial charge in [0.1, 0.15) is 5.82 Å². The number of nitrogens with zero attached hydrogens (tertiary/aromatic N) is 1. The number of sulfonamides is 1. The molecule has 2 N–H and O–H groups in total. The first-order valence-electron chi connectivity index (χ1n) is 11.2. The van der Waals surface area contributed by atoms with E-state index in [9.17, 15) is 22.0 Å². The summed E-state index contributed by atoms with van der Waals surface area (Å²) in [5.74, 6) is -0.114. The van der Waals surface area contributed by atoms with Crippen LogP contribution in [0.1, 0.15) is 31.0 Å². The Hall–Kier alpha value is -3.57. The average Bonchev–Trinajstić information content (AvgIpc) is 3.56. The van der Waals surface area contributed by atoms with Crippen molar-refractivity contribution in [3.8, 4) is 22.8 Å². The van der Waals surface area contributed by atoms with Gasteiger partial charge in [-0.3, -0.25) is 4.79 Å². The summed E-state index contributed by atoms with van der Waals surface area (Å²) in [6.07, 6.45) is -1.51. The van der Waals surface area contributed by atoms with Crippen LogP contribution >= 0.6 is 0 Å². The number of ether oxygens (including phenoxy) is 2. The Balaban J connectivity index is 0.00000320. The van der Waals surface area contributed by atoms with Crippen LogP contribution in [0.4, 0.5) is 14.6 Å². The van der Waals surface area contributed by atoms with Gasteiger partial charge in [0.15, 0.2) is 11.5 Å². The van der Waals surface area contributed by atoms with Crippen LogP contribution in [0, 0.1) is 6.92 Å². The molecule has 2 aromatic carbocycles. The molecule has 2 aliphatic rings. The van der Waals surface area contributed by atoms with E-state index in [1.54, 1.807) is 18.2 Å². The van der Waals surface area contributed by atoms with Gasteiger partial charge >= 0.3 is 6.29 Å². The molecule has 5 rings (SSSR count). The molecule has 0 unspecified atom stereocenters. The van der Waals surface area contributed by atoms with Gasteiger partial charge < -0.3 is 14.8 Å². The fraction of sp³-hybridized carbons (Fsp3) is 0.280. The summed E-state index contributed by atoms with van der Waals surface area (Å²) in [5.41, 5.74) is 2.76. The number of hydrogen-bond acceptors (Lipinski definition) is 6. The molecule has 0 atom stereocenters. The Labute approximate surface area is 208 Å². The number of aromatic nitrogens is 1. The second-order valence-corrected chi connectivity index (χ2v) is 10.9. The molecule has 3 aromatic rings. The molecule has 11 heteroatoms. The molecule has 0 radical (unpaired) electrons. The molecule has 1 saturated carbocycles. The zero-order valence-corrected chi connectivity index (χ0v) is 20.3. The van der Waals surface area contributed by atoms with Gasteiger partial charge in [0, 0.05) is 13.5 Å². The fourth-order valence-corrected chi connectivity index (χ4v) is 4.62. The van der Waals surface area contributed by atoms with Crippen LogP contribution in [0.5, 0.6) is 11.5 Å². The summed E-state index contributed by atoms with van der Waals surface area (Å²) in [4.78, 5) is 17.9. The highest BCUT2D eigenvalue weighted by atomic mass is 32.2. The highest BCUT2D eigenvalue weighted by Crippen LogP contribution is 2.52. The van der Waals surface area contributed by atoms with Crippen molar-refractivity contribution in [1.82, 2.24) is 9.71 Å². The van der Waals surface area contributed by atoms with E-state index in [-0.39, 0.29) is 25.4 Å². The fourth-order valence-electron chi connectivity index (χ4n) is 4.19. The predicted molar refractivity (Wildman–Crippen MR) is 130 cm³/mol. The average molecular weight is 518 g/mol. The van der Waals surface area contributed by atoms with Crippen molar-refractivity contribution in [2.45, 2.75) is 38.0 Å². The Kier molecular flexibility index (Phi) is 5.72. The number of alkyl halides is 2. The molecule has 190 valence electrons. The number of nitrogens with one attached hydrogen (secondary N) is 2. The molecular formula is C25H25F2N3O5S. The van der Waals surface area contributed by atoms with Crippen LogP contribution in [-0.4, -0.2) is 31.9 Å². The minimum Gasteiger partial charge on any atom is -0.395 e. The topological polar surface area (TPSA) is 107 Å². The first-order valence-corrected chi connectivity index (χ1v) is 13.1. The van der Waals surface area contributed by atoms with Crippen molar-refractivity contribution >= 4 is 21.7 Å². The van der Waals surface area contributed by atoms with Crippen LogP contribution in [0.15, 0.2) is 54.6 Å². The predicted octanol–water partition coefficient (Wildman–Crippen LogP) is 4.34. The molecule has 0 saturated heterocycles. The van der Waals surface area contributed by atoms with Crippen molar-refractivity contribution < 1.29 is 32.9 Å². The maximum atomic E-state index is 13.4. The maximum absolute atomic E-state index is 13.4. The Bertz CT molecular complexity index is 1480. The van der Waals surface area contributed by atoms with E-state index in [0.29, 0.717) is 29.9 Å². The monoisotopic (exact) mass is 517 g/mol. The van der Waals surface area contributed by atoms with Gasteiger partial charge in [-0.05, 0) is 60.7 Å². The summed E-state index contributed by atoms with van der Waals surface area (Å²) in [7, 11) is -3.33. The molecule has 2 heterocycles. The molecule has 1 aromatic heterocycles. The van der Waals surface area contributed by atoms with Crippen LogP contribution in [-0.2, 0) is 26.8 Å². The number of halogens is 2. The van der Waals surface area contributed by atoms with E-state index in [4.69, 9.17) is 0 Å². The van der Waals surface area contributed by atoms with E-state index >= 15 is 0 Å². The smallest absolute Gasteiger partial charge is 0.395 e. The molecule has 1 aliphatic carbocycles. The zero-order valence-electron chi connectivity index (χ0n) is 19.5. The number of amides is 1. The molecule has 0 bridgehead atoms. The molecule has 36 heavy (non-hydrogen) atoms. The lowest BCUT2D eigenvalue weighted by molar-refractivity contribution is -0.286. The highest BCUT2D eigenvalue weighted by molar-refractivity contribution is 7.88. The van der Waals surface area contributed by atoms with Gasteiger partial charge in [-0.25, -0.2) is 18.1 Å². The molecule has 1 amide bonds. The van der Waals surface area contributed by atoms with E-state index in [1.807, 2.05) is 31.2 Å². The largest absolute Gasteiger partial charge is 0.586 e. The normalized spacial score (nSPS) is 17.0. The van der Waals surface area contributed by atoms with Gasteiger partial charge in [0.25, 0.3) is 0 Å². The lowest BCUT2D eigenvalue weighted by Crippen LogP contribution is -2.28. The Morgan fingerprint density at radius 3 is 2.56 bits per heavy atom. The number of carbonyl (C=O) groups is 1. The zero-order chi connectivity index (χ0) is 25.7. The first kappa shape index (κ1) is 24.1. The summed E-state index contributed by atoms with van der Waals surface area (Å²) < 4.78 is 61.1. The van der Waals surface area contributed by atoms with Crippen molar-refractivity contribution in [2.24, 2.45) is 0 Å². The molecule has 0 spiro atoms. The summed E-state index contributed by atoms with van der Waals surface area (Å²) in [5, 5.41) is 2.86. The lowest BCUT2D eigenvalue weighted by atomic mass is 9.94. The van der Waals surface area contributed by atoms with Gasteiger partial charge in [-0.1, -0.05) is 30.3 Å². The quantitative estimate of drug-likeness (QED) is 0.483. The molecular weight excluding hydrogens is 492 g/mol. The number of fused-ring (bicyclic) bond motifs is 1. The van der Waals surface area contributed by atoms with Crippen LogP contribution < -0.4 is 19.5 Å². The third-order valence-corrected chi connectivity index (χ3v) is 6.88. The first-order chi connectivity index (χ1) is 16.9. The number of rotatable bonds is 7. The Morgan fingerprint density at radius 2 is 1.83 bits per heavy atom. The number of benzene rings is 2. The van der Waals surface area contributed by atoms with Gasteiger partial charge in [0.05, 0.1) is 17.4 Å².